The molecule has 0 aliphatic heterocycles. The number of aliphatic hydroxyl groups excluding tert-OH is 2. The Hall–Kier alpha value is -1.35. The van der Waals surface area contributed by atoms with Gasteiger partial charge in [-0.15, -0.1) is 0 Å². The van der Waals surface area contributed by atoms with Crippen LogP contribution in [0.5, 0.6) is 0 Å². The van der Waals surface area contributed by atoms with Gasteiger partial charge in [0.15, 0.2) is 0 Å². The summed E-state index contributed by atoms with van der Waals surface area (Å²) in [7, 11) is 0. The van der Waals surface area contributed by atoms with Crippen LogP contribution in [0.15, 0.2) is 35.6 Å². The zero-order valence-electron chi connectivity index (χ0n) is 13.2. The topological polar surface area (TPSA) is 57.5 Å². The van der Waals surface area contributed by atoms with Gasteiger partial charge in [-0.25, -0.2) is 0 Å². The summed E-state index contributed by atoms with van der Waals surface area (Å²) in [5.74, 6) is 1.76. The first-order valence-electron chi connectivity index (χ1n) is 8.40. The molecule has 0 amide bonds. The lowest BCUT2D eigenvalue weighted by Gasteiger charge is -2.53. The number of carbonyl (C=O) groups excluding carboxylic acids is 1. The van der Waals surface area contributed by atoms with Crippen LogP contribution in [0.3, 0.4) is 0 Å². The van der Waals surface area contributed by atoms with Crippen LogP contribution in [0, 0.1) is 28.6 Å². The minimum atomic E-state index is -0.883. The van der Waals surface area contributed by atoms with Gasteiger partial charge in [-0.3, -0.25) is 4.79 Å². The van der Waals surface area contributed by atoms with Gasteiger partial charge in [0.2, 0.25) is 0 Å². The molecule has 0 heterocycles. The Kier molecular flexibility index (Phi) is 2.82. The fourth-order valence-electron chi connectivity index (χ4n) is 5.64. The van der Waals surface area contributed by atoms with Crippen LogP contribution in [0.4, 0.5) is 0 Å². The van der Waals surface area contributed by atoms with Gasteiger partial charge in [0.25, 0.3) is 0 Å². The average molecular weight is 300 g/mol. The van der Waals surface area contributed by atoms with Crippen molar-refractivity contribution in [2.75, 3.05) is 0 Å². The van der Waals surface area contributed by atoms with E-state index >= 15 is 0 Å². The number of Topliss-reactive ketones (excluding diaryl/α,β-unsaturated/α-hetero) is 1. The van der Waals surface area contributed by atoms with E-state index in [1.165, 1.54) is 0 Å². The molecular weight excluding hydrogens is 276 g/mol. The summed E-state index contributed by atoms with van der Waals surface area (Å²) in [6.45, 7) is 4.32. The predicted octanol–water partition coefficient (Wildman–Crippen LogP) is 3.32. The molecule has 6 atom stereocenters. The van der Waals surface area contributed by atoms with Crippen LogP contribution in [0.25, 0.3) is 0 Å². The van der Waals surface area contributed by atoms with Crippen LogP contribution in [-0.2, 0) is 4.79 Å². The van der Waals surface area contributed by atoms with E-state index in [9.17, 15) is 15.0 Å². The third-order valence-corrected chi connectivity index (χ3v) is 7.06. The number of hydrogen-bond acceptors (Lipinski definition) is 3. The van der Waals surface area contributed by atoms with Crippen molar-refractivity contribution in [1.82, 2.24) is 0 Å². The van der Waals surface area contributed by atoms with Gasteiger partial charge in [-0.1, -0.05) is 38.2 Å². The summed E-state index contributed by atoms with van der Waals surface area (Å²) in [6, 6.07) is 0. The molecule has 0 bridgehead atoms. The largest absolute Gasteiger partial charge is 0.509 e. The van der Waals surface area contributed by atoms with E-state index in [1.807, 2.05) is 6.08 Å². The number of rotatable bonds is 0. The zero-order valence-corrected chi connectivity index (χ0v) is 13.2. The molecule has 2 fully saturated rings. The highest BCUT2D eigenvalue weighted by molar-refractivity contribution is 5.87. The van der Waals surface area contributed by atoms with Gasteiger partial charge in [0.1, 0.15) is 17.6 Å². The first kappa shape index (κ1) is 14.3. The van der Waals surface area contributed by atoms with Crippen molar-refractivity contribution in [2.45, 2.75) is 45.6 Å². The molecule has 3 heteroatoms. The Morgan fingerprint density at radius 1 is 1.18 bits per heavy atom. The van der Waals surface area contributed by atoms with Crippen molar-refractivity contribution in [3.8, 4) is 0 Å². The van der Waals surface area contributed by atoms with Crippen molar-refractivity contribution in [2.24, 2.45) is 28.6 Å². The minimum Gasteiger partial charge on any atom is -0.509 e. The van der Waals surface area contributed by atoms with E-state index in [-0.39, 0.29) is 16.6 Å². The van der Waals surface area contributed by atoms with Crippen LogP contribution < -0.4 is 0 Å². The lowest BCUT2D eigenvalue weighted by Crippen LogP contribution is -2.48. The van der Waals surface area contributed by atoms with E-state index in [0.29, 0.717) is 23.5 Å². The smallest absolute Gasteiger partial charge is 0.139 e. The van der Waals surface area contributed by atoms with Gasteiger partial charge < -0.3 is 10.2 Å². The summed E-state index contributed by atoms with van der Waals surface area (Å²) in [4.78, 5) is 12.3. The number of hydrogen-bond donors (Lipinski definition) is 2. The van der Waals surface area contributed by atoms with Gasteiger partial charge >= 0.3 is 0 Å². The summed E-state index contributed by atoms with van der Waals surface area (Å²) >= 11 is 0. The molecule has 118 valence electrons. The lowest BCUT2D eigenvalue weighted by molar-refractivity contribution is -0.130. The summed E-state index contributed by atoms with van der Waals surface area (Å²) in [5.41, 5.74) is 0.482. The molecule has 4 rings (SSSR count). The monoisotopic (exact) mass is 300 g/mol. The molecule has 0 aromatic heterocycles. The maximum atomic E-state index is 12.3. The lowest BCUT2D eigenvalue weighted by atomic mass is 9.50. The van der Waals surface area contributed by atoms with E-state index in [1.54, 1.807) is 6.08 Å². The first-order chi connectivity index (χ1) is 10.4. The molecule has 3 nitrogen and oxygen atoms in total. The molecule has 22 heavy (non-hydrogen) atoms. The molecule has 4 aliphatic carbocycles. The van der Waals surface area contributed by atoms with Crippen LogP contribution >= 0.6 is 0 Å². The van der Waals surface area contributed by atoms with Crippen molar-refractivity contribution < 1.29 is 15.0 Å². The number of fused-ring (bicyclic) bond motifs is 5. The third kappa shape index (κ3) is 1.58. The van der Waals surface area contributed by atoms with Crippen molar-refractivity contribution in [3.63, 3.8) is 0 Å². The Balaban J connectivity index is 1.80. The van der Waals surface area contributed by atoms with E-state index < -0.39 is 6.10 Å². The number of ketones is 1. The predicted molar refractivity (Wildman–Crippen MR) is 84.1 cm³/mol. The highest BCUT2D eigenvalue weighted by Gasteiger charge is 2.57. The van der Waals surface area contributed by atoms with Gasteiger partial charge in [-0.2, -0.15) is 0 Å². The standard InChI is InChI=1S/C19H24O3/c1-18-10-8-15(20)17(22)14(18)4-3-11-12-5-6-16(21)19(12,2)9-7-13(11)18/h3-4,8,10-13,15,20,22H,5-7,9H2,1-2H3/t11-,12-,13-,15?,18+,19-/m0/s1. The SMILES string of the molecule is C[C@]12C=CC(O)C(O)=C1C=C[C@@H]1[C@@H]2CC[C@]2(C)C(=O)CC[C@@H]12. The highest BCUT2D eigenvalue weighted by Crippen LogP contribution is 2.62. The van der Waals surface area contributed by atoms with E-state index in [4.69, 9.17) is 0 Å². The van der Waals surface area contributed by atoms with Crippen molar-refractivity contribution in [3.05, 3.63) is 35.6 Å². The quantitative estimate of drug-likeness (QED) is 0.675. The van der Waals surface area contributed by atoms with Crippen molar-refractivity contribution in [1.29, 1.82) is 0 Å². The summed E-state index contributed by atoms with van der Waals surface area (Å²) in [5, 5.41) is 20.2. The Morgan fingerprint density at radius 2 is 1.95 bits per heavy atom. The molecule has 0 aromatic carbocycles. The second-order valence-electron chi connectivity index (χ2n) is 7.95. The second kappa shape index (κ2) is 4.35. The maximum absolute atomic E-state index is 12.3. The molecule has 1 unspecified atom stereocenters. The summed E-state index contributed by atoms with van der Waals surface area (Å²) in [6.07, 6.45) is 10.8. The van der Waals surface area contributed by atoms with E-state index in [2.05, 4.69) is 26.0 Å². The zero-order chi connectivity index (χ0) is 15.7. The van der Waals surface area contributed by atoms with Gasteiger partial charge in [0, 0.05) is 22.8 Å². The average Bonchev–Trinajstić information content (AvgIpc) is 2.79. The number of carbonyl (C=O) groups is 1. The molecular formula is C19H24O3. The fourth-order valence-corrected chi connectivity index (χ4v) is 5.64. The highest BCUT2D eigenvalue weighted by atomic mass is 16.3. The fraction of sp³-hybridized carbons (Fsp3) is 0.632. The Morgan fingerprint density at radius 3 is 2.73 bits per heavy atom. The summed E-state index contributed by atoms with van der Waals surface area (Å²) < 4.78 is 0. The van der Waals surface area contributed by atoms with Crippen molar-refractivity contribution >= 4 is 5.78 Å². The third-order valence-electron chi connectivity index (χ3n) is 7.06. The molecule has 2 N–H and O–H groups in total. The molecule has 0 spiro atoms. The molecule has 2 saturated carbocycles. The number of allylic oxidation sites excluding steroid dienone is 4. The maximum Gasteiger partial charge on any atom is 0.139 e. The minimum absolute atomic E-state index is 0.0931. The normalized spacial score (nSPS) is 49.9. The Bertz CT molecular complexity index is 629. The van der Waals surface area contributed by atoms with Gasteiger partial charge in [-0.05, 0) is 37.0 Å². The second-order valence-corrected chi connectivity index (χ2v) is 7.95. The van der Waals surface area contributed by atoms with Gasteiger partial charge in [0.05, 0.1) is 0 Å². The molecule has 0 saturated heterocycles. The molecule has 0 aromatic rings. The molecule has 0 radical (unpaired) electrons. The van der Waals surface area contributed by atoms with Crippen LogP contribution in [0.1, 0.15) is 39.5 Å². The molecule has 4 aliphatic rings. The van der Waals surface area contributed by atoms with Crippen LogP contribution in [0.2, 0.25) is 0 Å². The Labute approximate surface area is 131 Å². The first-order valence-corrected chi connectivity index (χ1v) is 8.40. The number of aliphatic hydroxyl groups is 2. The van der Waals surface area contributed by atoms with Crippen LogP contribution in [-0.4, -0.2) is 22.1 Å². The van der Waals surface area contributed by atoms with E-state index in [0.717, 1.165) is 31.3 Å².